The number of halogens is 5. The zero-order chi connectivity index (χ0) is 14.2. The Morgan fingerprint density at radius 1 is 1.16 bits per heavy atom. The number of thiophene rings is 1. The van der Waals surface area contributed by atoms with Gasteiger partial charge < -0.3 is 0 Å². The largest absolute Gasteiger partial charge is 0.344 e. The van der Waals surface area contributed by atoms with Crippen LogP contribution in [0.4, 0.5) is 17.6 Å². The minimum atomic E-state index is -3.91. The Hall–Kier alpha value is -1.40. The highest BCUT2D eigenvalue weighted by Crippen LogP contribution is 2.38. The van der Waals surface area contributed by atoms with Crippen LogP contribution in [0.15, 0.2) is 30.3 Å². The van der Waals surface area contributed by atoms with Crippen LogP contribution in [0.1, 0.15) is 15.2 Å². The van der Waals surface area contributed by atoms with E-state index < -0.39 is 33.8 Å². The number of hydrogen-bond acceptors (Lipinski definition) is 2. The normalized spacial score (nSPS) is 11.6. The third-order valence-electron chi connectivity index (χ3n) is 2.34. The first-order valence-electron chi connectivity index (χ1n) is 4.96. The molecular formula is C12H5ClF4OS. The number of rotatable bonds is 3. The van der Waals surface area contributed by atoms with Gasteiger partial charge in [0.2, 0.25) is 5.78 Å². The molecule has 1 nitrogen and oxygen atoms in total. The standard InChI is InChI=1S/C12H5ClF4OS/c13-10-4-3-9(19-10)12(16,17)11(18)7-2-1-6(14)5-8(7)15/h1-5H. The summed E-state index contributed by atoms with van der Waals surface area (Å²) in [6.07, 6.45) is 0. The van der Waals surface area contributed by atoms with E-state index in [0.717, 1.165) is 12.1 Å². The van der Waals surface area contributed by atoms with Gasteiger partial charge in [0.15, 0.2) is 0 Å². The number of carbonyl (C=O) groups is 1. The minimum Gasteiger partial charge on any atom is -0.287 e. The summed E-state index contributed by atoms with van der Waals surface area (Å²) in [6, 6.07) is 4.02. The van der Waals surface area contributed by atoms with Crippen molar-refractivity contribution >= 4 is 28.7 Å². The van der Waals surface area contributed by atoms with Crippen LogP contribution in [0.2, 0.25) is 4.34 Å². The van der Waals surface area contributed by atoms with Crippen molar-refractivity contribution in [2.75, 3.05) is 0 Å². The number of ketones is 1. The van der Waals surface area contributed by atoms with Crippen molar-refractivity contribution in [3.63, 3.8) is 0 Å². The predicted molar refractivity (Wildman–Crippen MR) is 63.9 cm³/mol. The number of alkyl halides is 2. The maximum absolute atomic E-state index is 13.9. The van der Waals surface area contributed by atoms with Crippen LogP contribution >= 0.6 is 22.9 Å². The van der Waals surface area contributed by atoms with E-state index >= 15 is 0 Å². The molecule has 0 saturated carbocycles. The summed E-state index contributed by atoms with van der Waals surface area (Å²) < 4.78 is 53.8. The van der Waals surface area contributed by atoms with E-state index in [-0.39, 0.29) is 4.34 Å². The zero-order valence-electron chi connectivity index (χ0n) is 9.09. The monoisotopic (exact) mass is 308 g/mol. The summed E-state index contributed by atoms with van der Waals surface area (Å²) in [5, 5.41) is 0. The molecule has 1 aromatic carbocycles. The summed E-state index contributed by atoms with van der Waals surface area (Å²) in [6.45, 7) is 0. The van der Waals surface area contributed by atoms with Gasteiger partial charge in [0.05, 0.1) is 14.8 Å². The molecule has 0 aliphatic carbocycles. The smallest absolute Gasteiger partial charge is 0.287 e. The van der Waals surface area contributed by atoms with Crippen molar-refractivity contribution in [2.24, 2.45) is 0 Å². The Morgan fingerprint density at radius 3 is 2.37 bits per heavy atom. The SMILES string of the molecule is O=C(c1ccc(F)cc1F)C(F)(F)c1ccc(Cl)s1. The molecule has 2 aromatic rings. The van der Waals surface area contributed by atoms with Crippen LogP contribution in [0.5, 0.6) is 0 Å². The van der Waals surface area contributed by atoms with Gasteiger partial charge in [-0.3, -0.25) is 4.79 Å². The Balaban J connectivity index is 2.43. The second kappa shape index (κ2) is 4.94. The van der Waals surface area contributed by atoms with E-state index in [1.165, 1.54) is 6.07 Å². The van der Waals surface area contributed by atoms with Crippen LogP contribution in [0, 0.1) is 11.6 Å². The van der Waals surface area contributed by atoms with E-state index in [2.05, 4.69) is 0 Å². The first kappa shape index (κ1) is 14.0. The van der Waals surface area contributed by atoms with Crippen LogP contribution < -0.4 is 0 Å². The molecular weight excluding hydrogens is 304 g/mol. The average molecular weight is 309 g/mol. The lowest BCUT2D eigenvalue weighted by Gasteiger charge is -2.13. The molecule has 100 valence electrons. The highest BCUT2D eigenvalue weighted by Gasteiger charge is 2.43. The van der Waals surface area contributed by atoms with Crippen molar-refractivity contribution in [1.82, 2.24) is 0 Å². The lowest BCUT2D eigenvalue weighted by atomic mass is 10.0. The molecule has 0 spiro atoms. The molecule has 0 N–H and O–H groups in total. The van der Waals surface area contributed by atoms with Gasteiger partial charge in [0.25, 0.3) is 0 Å². The summed E-state index contributed by atoms with van der Waals surface area (Å²) in [5.74, 6) is -7.91. The van der Waals surface area contributed by atoms with Gasteiger partial charge in [-0.25, -0.2) is 8.78 Å². The number of benzene rings is 1. The minimum absolute atomic E-state index is 0.0852. The topological polar surface area (TPSA) is 17.1 Å². The maximum Gasteiger partial charge on any atom is 0.344 e. The number of Topliss-reactive ketones (excluding diaryl/α,β-unsaturated/α-hetero) is 1. The van der Waals surface area contributed by atoms with Crippen molar-refractivity contribution in [2.45, 2.75) is 5.92 Å². The van der Waals surface area contributed by atoms with Gasteiger partial charge in [0.1, 0.15) is 11.6 Å². The predicted octanol–water partition coefficient (Wildman–Crippen LogP) is 4.65. The van der Waals surface area contributed by atoms with Gasteiger partial charge in [-0.2, -0.15) is 8.78 Å². The highest BCUT2D eigenvalue weighted by molar-refractivity contribution is 7.16. The molecule has 7 heteroatoms. The van der Waals surface area contributed by atoms with Gasteiger partial charge in [0, 0.05) is 6.07 Å². The Bertz CT molecular complexity index is 638. The van der Waals surface area contributed by atoms with Crippen molar-refractivity contribution in [3.05, 3.63) is 56.7 Å². The molecule has 0 bridgehead atoms. The van der Waals surface area contributed by atoms with E-state index in [4.69, 9.17) is 11.6 Å². The van der Waals surface area contributed by atoms with Crippen LogP contribution in [0.25, 0.3) is 0 Å². The zero-order valence-corrected chi connectivity index (χ0v) is 10.7. The molecule has 1 heterocycles. The molecule has 0 radical (unpaired) electrons. The van der Waals surface area contributed by atoms with Gasteiger partial charge in [-0.15, -0.1) is 11.3 Å². The summed E-state index contributed by atoms with van der Waals surface area (Å²) in [5.41, 5.74) is -0.865. The second-order valence-electron chi connectivity index (χ2n) is 3.63. The van der Waals surface area contributed by atoms with Crippen molar-refractivity contribution < 1.29 is 22.4 Å². The van der Waals surface area contributed by atoms with E-state index in [9.17, 15) is 22.4 Å². The third kappa shape index (κ3) is 2.64. The third-order valence-corrected chi connectivity index (χ3v) is 3.64. The fourth-order valence-corrected chi connectivity index (χ4v) is 2.45. The van der Waals surface area contributed by atoms with Crippen LogP contribution in [0.3, 0.4) is 0 Å². The van der Waals surface area contributed by atoms with E-state index in [1.54, 1.807) is 0 Å². The number of carbonyl (C=O) groups excluding carboxylic acids is 1. The molecule has 0 fully saturated rings. The summed E-state index contributed by atoms with van der Waals surface area (Å²) in [4.78, 5) is 11.1. The van der Waals surface area contributed by atoms with Crippen molar-refractivity contribution in [3.8, 4) is 0 Å². The van der Waals surface area contributed by atoms with Gasteiger partial charge in [-0.05, 0) is 24.3 Å². The second-order valence-corrected chi connectivity index (χ2v) is 5.35. The molecule has 19 heavy (non-hydrogen) atoms. The first-order chi connectivity index (χ1) is 8.82. The maximum atomic E-state index is 13.9. The number of hydrogen-bond donors (Lipinski definition) is 0. The van der Waals surface area contributed by atoms with E-state index in [1.807, 2.05) is 0 Å². The fraction of sp³-hybridized carbons (Fsp3) is 0.0833. The Labute approximate surface area is 114 Å². The lowest BCUT2D eigenvalue weighted by molar-refractivity contribution is 0.00934. The van der Waals surface area contributed by atoms with E-state index in [0.29, 0.717) is 23.5 Å². The fourth-order valence-electron chi connectivity index (χ4n) is 1.44. The molecule has 0 saturated heterocycles. The Morgan fingerprint density at radius 2 is 1.84 bits per heavy atom. The molecule has 0 atom stereocenters. The molecule has 0 amide bonds. The van der Waals surface area contributed by atoms with Crippen LogP contribution in [-0.4, -0.2) is 5.78 Å². The van der Waals surface area contributed by atoms with Crippen molar-refractivity contribution in [1.29, 1.82) is 0 Å². The lowest BCUT2D eigenvalue weighted by Crippen LogP contribution is -2.26. The van der Waals surface area contributed by atoms with Gasteiger partial charge >= 0.3 is 5.92 Å². The first-order valence-corrected chi connectivity index (χ1v) is 6.15. The molecule has 2 rings (SSSR count). The van der Waals surface area contributed by atoms with Crippen LogP contribution in [-0.2, 0) is 5.92 Å². The highest BCUT2D eigenvalue weighted by atomic mass is 35.5. The molecule has 1 aromatic heterocycles. The quantitative estimate of drug-likeness (QED) is 0.595. The average Bonchev–Trinajstić information content (AvgIpc) is 2.76. The Kier molecular flexibility index (Phi) is 3.64. The molecule has 0 aliphatic heterocycles. The summed E-state index contributed by atoms with van der Waals surface area (Å²) in [7, 11) is 0. The molecule has 0 aliphatic rings. The molecule has 0 unspecified atom stereocenters. The van der Waals surface area contributed by atoms with Gasteiger partial charge in [-0.1, -0.05) is 11.6 Å². The summed E-state index contributed by atoms with van der Waals surface area (Å²) >= 11 is 6.04.